The highest BCUT2D eigenvalue weighted by Crippen LogP contribution is 2.20. The monoisotopic (exact) mass is 222 g/mol. The molecule has 0 saturated carbocycles. The third kappa shape index (κ3) is 2.13. The molecule has 2 heterocycles. The van der Waals surface area contributed by atoms with Gasteiger partial charge in [0.2, 0.25) is 0 Å². The van der Waals surface area contributed by atoms with Gasteiger partial charge in [0.25, 0.3) is 0 Å². The summed E-state index contributed by atoms with van der Waals surface area (Å²) in [6, 6.07) is 6.44. The molecular formula is C11H8ClFN2. The Morgan fingerprint density at radius 1 is 1.27 bits per heavy atom. The zero-order valence-corrected chi connectivity index (χ0v) is 8.58. The lowest BCUT2D eigenvalue weighted by Crippen LogP contribution is -1.93. The first-order chi connectivity index (χ1) is 7.31. The minimum atomic E-state index is -0.364. The van der Waals surface area contributed by atoms with E-state index in [4.69, 9.17) is 11.6 Å². The number of aromatic nitrogens is 2. The van der Waals surface area contributed by atoms with Crippen LogP contribution in [-0.4, -0.2) is 9.97 Å². The van der Waals surface area contributed by atoms with Crippen LogP contribution in [-0.2, 0) is 5.88 Å². The van der Waals surface area contributed by atoms with Gasteiger partial charge in [0.05, 0.1) is 11.6 Å². The van der Waals surface area contributed by atoms with Crippen LogP contribution in [0.15, 0.2) is 36.7 Å². The highest BCUT2D eigenvalue weighted by molar-refractivity contribution is 6.16. The molecule has 0 unspecified atom stereocenters. The van der Waals surface area contributed by atoms with Crippen LogP contribution < -0.4 is 0 Å². The summed E-state index contributed by atoms with van der Waals surface area (Å²) in [7, 11) is 0. The molecule has 0 aliphatic carbocycles. The Morgan fingerprint density at radius 2 is 2.13 bits per heavy atom. The summed E-state index contributed by atoms with van der Waals surface area (Å²) in [5.74, 6) is -0.0926. The number of rotatable bonds is 2. The summed E-state index contributed by atoms with van der Waals surface area (Å²) in [4.78, 5) is 8.03. The van der Waals surface area contributed by atoms with Gasteiger partial charge in [-0.25, -0.2) is 9.37 Å². The van der Waals surface area contributed by atoms with Crippen LogP contribution in [0.4, 0.5) is 4.39 Å². The summed E-state index contributed by atoms with van der Waals surface area (Å²) in [5.41, 5.74) is 1.60. The van der Waals surface area contributed by atoms with E-state index in [1.165, 1.54) is 6.07 Å². The van der Waals surface area contributed by atoms with Gasteiger partial charge >= 0.3 is 0 Å². The summed E-state index contributed by atoms with van der Waals surface area (Å²) < 4.78 is 13.5. The molecule has 15 heavy (non-hydrogen) atoms. The molecule has 0 saturated heterocycles. The number of hydrogen-bond acceptors (Lipinski definition) is 2. The van der Waals surface area contributed by atoms with Gasteiger partial charge in [-0.1, -0.05) is 0 Å². The van der Waals surface area contributed by atoms with Crippen LogP contribution in [0, 0.1) is 5.82 Å². The lowest BCUT2D eigenvalue weighted by molar-refractivity contribution is 0.624. The van der Waals surface area contributed by atoms with Crippen LogP contribution in [0.25, 0.3) is 11.3 Å². The molecule has 2 rings (SSSR count). The molecule has 0 atom stereocenters. The standard InChI is InChI=1S/C11H8ClFN2/c12-6-9-3-4-10(13)11(15-9)8-2-1-5-14-7-8/h1-5,7H,6H2. The van der Waals surface area contributed by atoms with Crippen LogP contribution in [0.5, 0.6) is 0 Å². The van der Waals surface area contributed by atoms with E-state index in [9.17, 15) is 4.39 Å². The van der Waals surface area contributed by atoms with Gasteiger partial charge in [0.15, 0.2) is 0 Å². The summed E-state index contributed by atoms with van der Waals surface area (Å²) >= 11 is 5.64. The molecule has 0 aromatic carbocycles. The highest BCUT2D eigenvalue weighted by Gasteiger charge is 2.07. The van der Waals surface area contributed by atoms with E-state index in [0.717, 1.165) is 0 Å². The van der Waals surface area contributed by atoms with Crippen molar-refractivity contribution < 1.29 is 4.39 Å². The van der Waals surface area contributed by atoms with Crippen molar-refractivity contribution in [2.45, 2.75) is 5.88 Å². The van der Waals surface area contributed by atoms with Gasteiger partial charge in [-0.15, -0.1) is 11.6 Å². The second-order valence-corrected chi connectivity index (χ2v) is 3.28. The Bertz CT molecular complexity index is 459. The lowest BCUT2D eigenvalue weighted by atomic mass is 10.2. The zero-order valence-electron chi connectivity index (χ0n) is 7.82. The Kier molecular flexibility index (Phi) is 2.92. The SMILES string of the molecule is Fc1ccc(CCl)nc1-c1cccnc1. The number of pyridine rings is 2. The van der Waals surface area contributed by atoms with Gasteiger partial charge in [0, 0.05) is 18.0 Å². The molecule has 0 aliphatic heterocycles. The molecule has 76 valence electrons. The van der Waals surface area contributed by atoms with Gasteiger partial charge in [-0.3, -0.25) is 4.98 Å². The number of halogens is 2. The van der Waals surface area contributed by atoms with Crippen molar-refractivity contribution in [2.24, 2.45) is 0 Å². The third-order valence-electron chi connectivity index (χ3n) is 1.98. The maximum absolute atomic E-state index is 13.5. The first-order valence-electron chi connectivity index (χ1n) is 4.43. The number of hydrogen-bond donors (Lipinski definition) is 0. The lowest BCUT2D eigenvalue weighted by Gasteiger charge is -2.03. The Labute approximate surface area is 91.8 Å². The number of alkyl halides is 1. The van der Waals surface area contributed by atoms with Crippen molar-refractivity contribution in [1.29, 1.82) is 0 Å². The number of nitrogens with zero attached hydrogens (tertiary/aromatic N) is 2. The molecule has 2 aromatic heterocycles. The normalized spacial score (nSPS) is 10.3. The van der Waals surface area contributed by atoms with Crippen molar-refractivity contribution in [3.63, 3.8) is 0 Å². The predicted octanol–water partition coefficient (Wildman–Crippen LogP) is 3.02. The topological polar surface area (TPSA) is 25.8 Å². The third-order valence-corrected chi connectivity index (χ3v) is 2.25. The summed E-state index contributed by atoms with van der Waals surface area (Å²) in [6.45, 7) is 0. The largest absolute Gasteiger partial charge is 0.264 e. The van der Waals surface area contributed by atoms with Crippen molar-refractivity contribution >= 4 is 11.6 Å². The summed E-state index contributed by atoms with van der Waals surface area (Å²) in [6.07, 6.45) is 3.20. The first-order valence-corrected chi connectivity index (χ1v) is 4.96. The molecule has 2 aromatic rings. The van der Waals surface area contributed by atoms with E-state index in [1.807, 2.05) is 0 Å². The molecule has 0 bridgehead atoms. The van der Waals surface area contributed by atoms with E-state index in [-0.39, 0.29) is 11.7 Å². The fourth-order valence-electron chi connectivity index (χ4n) is 1.26. The van der Waals surface area contributed by atoms with Crippen molar-refractivity contribution in [3.8, 4) is 11.3 Å². The molecule has 0 radical (unpaired) electrons. The van der Waals surface area contributed by atoms with Crippen molar-refractivity contribution in [3.05, 3.63) is 48.2 Å². The van der Waals surface area contributed by atoms with Crippen molar-refractivity contribution in [1.82, 2.24) is 9.97 Å². The molecule has 0 N–H and O–H groups in total. The van der Waals surface area contributed by atoms with E-state index < -0.39 is 0 Å². The first kappa shape index (κ1) is 10.1. The Hall–Kier alpha value is -1.48. The second-order valence-electron chi connectivity index (χ2n) is 3.01. The molecule has 0 aliphatic rings. The fourth-order valence-corrected chi connectivity index (χ4v) is 1.41. The molecule has 4 heteroatoms. The van der Waals surface area contributed by atoms with Crippen LogP contribution in [0.1, 0.15) is 5.69 Å². The molecule has 0 fully saturated rings. The minimum absolute atomic E-state index is 0.271. The summed E-state index contributed by atoms with van der Waals surface area (Å²) in [5, 5.41) is 0. The van der Waals surface area contributed by atoms with Crippen LogP contribution >= 0.6 is 11.6 Å². The maximum Gasteiger partial charge on any atom is 0.149 e. The maximum atomic E-state index is 13.5. The van der Waals surface area contributed by atoms with Gasteiger partial charge in [0.1, 0.15) is 11.5 Å². The van der Waals surface area contributed by atoms with Gasteiger partial charge in [-0.05, 0) is 24.3 Å². The minimum Gasteiger partial charge on any atom is -0.264 e. The fraction of sp³-hybridized carbons (Fsp3) is 0.0909. The van der Waals surface area contributed by atoms with E-state index >= 15 is 0 Å². The second kappa shape index (κ2) is 4.36. The highest BCUT2D eigenvalue weighted by atomic mass is 35.5. The molecule has 2 nitrogen and oxygen atoms in total. The van der Waals surface area contributed by atoms with E-state index in [2.05, 4.69) is 9.97 Å². The van der Waals surface area contributed by atoms with E-state index in [1.54, 1.807) is 30.6 Å². The van der Waals surface area contributed by atoms with Gasteiger partial charge < -0.3 is 0 Å². The van der Waals surface area contributed by atoms with Crippen molar-refractivity contribution in [2.75, 3.05) is 0 Å². The average Bonchev–Trinajstić information content (AvgIpc) is 2.31. The molecule has 0 spiro atoms. The smallest absolute Gasteiger partial charge is 0.149 e. The van der Waals surface area contributed by atoms with Crippen LogP contribution in [0.2, 0.25) is 0 Å². The predicted molar refractivity (Wildman–Crippen MR) is 57.0 cm³/mol. The van der Waals surface area contributed by atoms with Gasteiger partial charge in [-0.2, -0.15) is 0 Å². The van der Waals surface area contributed by atoms with Crippen LogP contribution in [0.3, 0.4) is 0 Å². The van der Waals surface area contributed by atoms with E-state index in [0.29, 0.717) is 17.0 Å². The average molecular weight is 223 g/mol. The zero-order chi connectivity index (χ0) is 10.7. The molecule has 0 amide bonds. The Balaban J connectivity index is 2.52. The Morgan fingerprint density at radius 3 is 2.80 bits per heavy atom. The quantitative estimate of drug-likeness (QED) is 0.730. The molecular weight excluding hydrogens is 215 g/mol.